The number of Topliss-reactive ketones (excluding diaryl/α,β-unsaturated/α-hetero) is 1. The molecule has 2 aromatic rings. The van der Waals surface area contributed by atoms with Crippen LogP contribution in [0.15, 0.2) is 24.4 Å². The van der Waals surface area contributed by atoms with Gasteiger partial charge in [-0.15, -0.1) is 16.7 Å². The van der Waals surface area contributed by atoms with Gasteiger partial charge in [-0.05, 0) is 25.1 Å². The van der Waals surface area contributed by atoms with E-state index < -0.39 is 0 Å². The molecule has 5 nitrogen and oxygen atoms in total. The minimum atomic E-state index is 0.0175. The predicted octanol–water partition coefficient (Wildman–Crippen LogP) is 2.28. The van der Waals surface area contributed by atoms with Crippen molar-refractivity contribution in [3.8, 4) is 5.75 Å². The van der Waals surface area contributed by atoms with Gasteiger partial charge < -0.3 is 4.74 Å². The maximum Gasteiger partial charge on any atom is 0.159 e. The van der Waals surface area contributed by atoms with E-state index >= 15 is 0 Å². The molecule has 0 radical (unpaired) electrons. The molecule has 6 heteroatoms. The van der Waals surface area contributed by atoms with Gasteiger partial charge in [0.15, 0.2) is 5.78 Å². The number of rotatable bonds is 5. The highest BCUT2D eigenvalue weighted by atomic mass is 35.5. The first-order chi connectivity index (χ1) is 9.13. The van der Waals surface area contributed by atoms with Crippen LogP contribution in [0.1, 0.15) is 28.5 Å². The van der Waals surface area contributed by atoms with Gasteiger partial charge in [-0.3, -0.25) is 4.79 Å². The summed E-state index contributed by atoms with van der Waals surface area (Å²) in [6.07, 6.45) is 1.77. The van der Waals surface area contributed by atoms with Gasteiger partial charge in [0, 0.05) is 11.1 Å². The molecule has 0 amide bonds. The van der Waals surface area contributed by atoms with Gasteiger partial charge in [-0.1, -0.05) is 5.21 Å². The van der Waals surface area contributed by atoms with E-state index in [-0.39, 0.29) is 5.78 Å². The van der Waals surface area contributed by atoms with Crippen molar-refractivity contribution < 1.29 is 9.53 Å². The van der Waals surface area contributed by atoms with Crippen LogP contribution in [0, 0.1) is 0 Å². The molecule has 2 rings (SSSR count). The lowest BCUT2D eigenvalue weighted by Crippen LogP contribution is -2.04. The molecule has 0 atom stereocenters. The highest BCUT2D eigenvalue weighted by Crippen LogP contribution is 2.21. The van der Waals surface area contributed by atoms with Crippen LogP contribution in [0.5, 0.6) is 5.75 Å². The smallest absolute Gasteiger partial charge is 0.159 e. The number of ether oxygens (including phenoxy) is 1. The van der Waals surface area contributed by atoms with E-state index in [1.165, 1.54) is 6.92 Å². The zero-order chi connectivity index (χ0) is 13.8. The van der Waals surface area contributed by atoms with Crippen molar-refractivity contribution >= 4 is 17.4 Å². The van der Waals surface area contributed by atoms with Crippen LogP contribution < -0.4 is 4.74 Å². The Hall–Kier alpha value is -1.88. The highest BCUT2D eigenvalue weighted by Gasteiger charge is 2.09. The lowest BCUT2D eigenvalue weighted by atomic mass is 10.1. The van der Waals surface area contributed by atoms with Crippen LogP contribution in [0.4, 0.5) is 0 Å². The van der Waals surface area contributed by atoms with Gasteiger partial charge in [0.2, 0.25) is 0 Å². The van der Waals surface area contributed by atoms with E-state index in [1.807, 2.05) is 6.07 Å². The number of hydrogen-bond acceptors (Lipinski definition) is 4. The SMILES string of the molecule is COc1ccc(C(C)=O)cc1Cn1cc(CCl)nn1. The van der Waals surface area contributed by atoms with Crippen LogP contribution in [0.2, 0.25) is 0 Å². The monoisotopic (exact) mass is 279 g/mol. The van der Waals surface area contributed by atoms with E-state index in [9.17, 15) is 4.79 Å². The third-order valence-electron chi connectivity index (χ3n) is 2.74. The molecule has 0 fully saturated rings. The fourth-order valence-corrected chi connectivity index (χ4v) is 1.90. The second-order valence-electron chi connectivity index (χ2n) is 4.12. The normalized spacial score (nSPS) is 10.5. The van der Waals surface area contributed by atoms with Gasteiger partial charge in [-0.2, -0.15) is 0 Å². The van der Waals surface area contributed by atoms with Gasteiger partial charge in [0.1, 0.15) is 5.75 Å². The molecular weight excluding hydrogens is 266 g/mol. The van der Waals surface area contributed by atoms with E-state index in [0.29, 0.717) is 29.4 Å². The Kier molecular flexibility index (Phi) is 4.16. The van der Waals surface area contributed by atoms with Crippen LogP contribution in [0.3, 0.4) is 0 Å². The molecule has 0 saturated carbocycles. The lowest BCUT2D eigenvalue weighted by molar-refractivity contribution is 0.101. The highest BCUT2D eigenvalue weighted by molar-refractivity contribution is 6.16. The average molecular weight is 280 g/mol. The Labute approximate surface area is 116 Å². The maximum absolute atomic E-state index is 11.4. The molecule has 1 aromatic heterocycles. The zero-order valence-corrected chi connectivity index (χ0v) is 11.5. The summed E-state index contributed by atoms with van der Waals surface area (Å²) in [7, 11) is 1.60. The van der Waals surface area contributed by atoms with E-state index in [4.69, 9.17) is 16.3 Å². The van der Waals surface area contributed by atoms with Crippen molar-refractivity contribution in [2.24, 2.45) is 0 Å². The average Bonchev–Trinajstić information content (AvgIpc) is 2.86. The molecule has 0 aliphatic rings. The van der Waals surface area contributed by atoms with Crippen molar-refractivity contribution in [2.45, 2.75) is 19.3 Å². The fraction of sp³-hybridized carbons (Fsp3) is 0.308. The Balaban J connectivity index is 2.31. The third kappa shape index (κ3) is 3.12. The van der Waals surface area contributed by atoms with Gasteiger partial charge >= 0.3 is 0 Å². The summed E-state index contributed by atoms with van der Waals surface area (Å²) in [6, 6.07) is 5.34. The minimum absolute atomic E-state index is 0.0175. The minimum Gasteiger partial charge on any atom is -0.496 e. The quantitative estimate of drug-likeness (QED) is 0.622. The van der Waals surface area contributed by atoms with Crippen LogP contribution in [-0.4, -0.2) is 27.9 Å². The molecule has 1 aromatic carbocycles. The number of benzene rings is 1. The summed E-state index contributed by atoms with van der Waals surface area (Å²) in [4.78, 5) is 11.4. The molecule has 0 unspecified atom stereocenters. The van der Waals surface area contributed by atoms with E-state index in [1.54, 1.807) is 30.1 Å². The number of aromatic nitrogens is 3. The summed E-state index contributed by atoms with van der Waals surface area (Å²) in [5.74, 6) is 1.06. The number of alkyl halides is 1. The van der Waals surface area contributed by atoms with Gasteiger partial charge in [0.25, 0.3) is 0 Å². The number of ketones is 1. The third-order valence-corrected chi connectivity index (χ3v) is 3.02. The number of hydrogen-bond donors (Lipinski definition) is 0. The molecule has 0 spiro atoms. The second kappa shape index (κ2) is 5.84. The van der Waals surface area contributed by atoms with Crippen molar-refractivity contribution in [3.05, 3.63) is 41.2 Å². The number of methoxy groups -OCH3 is 1. The second-order valence-corrected chi connectivity index (χ2v) is 4.39. The molecule has 100 valence electrons. The molecule has 19 heavy (non-hydrogen) atoms. The Morgan fingerprint density at radius 3 is 2.84 bits per heavy atom. The van der Waals surface area contributed by atoms with E-state index in [0.717, 1.165) is 5.56 Å². The van der Waals surface area contributed by atoms with Crippen molar-refractivity contribution in [1.29, 1.82) is 0 Å². The molecular formula is C13H14ClN3O2. The Morgan fingerprint density at radius 2 is 2.26 bits per heavy atom. The van der Waals surface area contributed by atoms with Crippen molar-refractivity contribution in [2.75, 3.05) is 7.11 Å². The Morgan fingerprint density at radius 1 is 1.47 bits per heavy atom. The number of halogens is 1. The molecule has 1 heterocycles. The predicted molar refractivity (Wildman–Crippen MR) is 71.7 cm³/mol. The summed E-state index contributed by atoms with van der Waals surface area (Å²) in [6.45, 7) is 2.01. The Bertz CT molecular complexity index is 595. The molecule has 0 N–H and O–H groups in total. The summed E-state index contributed by atoms with van der Waals surface area (Å²) < 4.78 is 6.95. The zero-order valence-electron chi connectivity index (χ0n) is 10.8. The molecule has 0 saturated heterocycles. The molecule has 0 aliphatic heterocycles. The fourth-order valence-electron chi connectivity index (χ4n) is 1.77. The summed E-state index contributed by atoms with van der Waals surface area (Å²) >= 11 is 5.68. The van der Waals surface area contributed by atoms with Gasteiger partial charge in [-0.25, -0.2) is 4.68 Å². The summed E-state index contributed by atoms with van der Waals surface area (Å²) in [5.41, 5.74) is 2.23. The van der Waals surface area contributed by atoms with Crippen LogP contribution >= 0.6 is 11.6 Å². The molecule has 0 aliphatic carbocycles. The van der Waals surface area contributed by atoms with E-state index in [2.05, 4.69) is 10.3 Å². The maximum atomic E-state index is 11.4. The van der Waals surface area contributed by atoms with Gasteiger partial charge in [0.05, 0.1) is 31.4 Å². The van der Waals surface area contributed by atoms with Crippen LogP contribution in [-0.2, 0) is 12.4 Å². The first-order valence-corrected chi connectivity index (χ1v) is 6.30. The van der Waals surface area contributed by atoms with Crippen molar-refractivity contribution in [1.82, 2.24) is 15.0 Å². The van der Waals surface area contributed by atoms with Crippen molar-refractivity contribution in [3.63, 3.8) is 0 Å². The topological polar surface area (TPSA) is 57.0 Å². The number of nitrogens with zero attached hydrogens (tertiary/aromatic N) is 3. The first kappa shape index (κ1) is 13.5. The lowest BCUT2D eigenvalue weighted by Gasteiger charge is -2.09. The molecule has 0 bridgehead atoms. The number of carbonyl (C=O) groups excluding carboxylic acids is 1. The number of carbonyl (C=O) groups is 1. The van der Waals surface area contributed by atoms with Crippen LogP contribution in [0.25, 0.3) is 0 Å². The standard InChI is InChI=1S/C13H14ClN3O2/c1-9(18)10-3-4-13(19-2)11(5-10)7-17-8-12(6-14)15-16-17/h3-5,8H,6-7H2,1-2H3. The first-order valence-electron chi connectivity index (χ1n) is 5.77. The summed E-state index contributed by atoms with van der Waals surface area (Å²) in [5, 5.41) is 7.89. The largest absolute Gasteiger partial charge is 0.496 e.